The Morgan fingerprint density at radius 2 is 1.80 bits per heavy atom. The van der Waals surface area contributed by atoms with Gasteiger partial charge in [-0.2, -0.15) is 0 Å². The molecule has 0 aromatic carbocycles. The summed E-state index contributed by atoms with van der Waals surface area (Å²) < 4.78 is 0. The van der Waals surface area contributed by atoms with E-state index in [-0.39, 0.29) is 0 Å². The molecule has 1 heterocycles. The number of hydrogen-bond donors (Lipinski definition) is 3. The lowest BCUT2D eigenvalue weighted by atomic mass is 10.2. The van der Waals surface area contributed by atoms with Crippen LogP contribution in [0.3, 0.4) is 0 Å². The summed E-state index contributed by atoms with van der Waals surface area (Å²) in [4.78, 5) is 3.81. The molecule has 6 N–H and O–H groups in total. The molecule has 54 valence electrons. The number of aromatic nitrogens is 1. The molecule has 4 nitrogen and oxygen atoms in total. The highest BCUT2D eigenvalue weighted by atomic mass is 14.9. The highest BCUT2D eigenvalue weighted by Gasteiger charge is 2.01. The maximum atomic E-state index is 5.54. The van der Waals surface area contributed by atoms with Crippen molar-refractivity contribution in [3.63, 3.8) is 0 Å². The third-order valence-corrected chi connectivity index (χ3v) is 1.39. The number of pyridine rings is 1. The Morgan fingerprint density at radius 1 is 1.20 bits per heavy atom. The smallest absolute Gasteiger partial charge is 0.148 e. The molecule has 0 bridgehead atoms. The van der Waals surface area contributed by atoms with Crippen molar-refractivity contribution in [2.45, 2.75) is 6.92 Å². The van der Waals surface area contributed by atoms with Crippen molar-refractivity contribution in [1.82, 2.24) is 4.98 Å². The Balaban J connectivity index is 3.34. The van der Waals surface area contributed by atoms with Gasteiger partial charge >= 0.3 is 0 Å². The quantitative estimate of drug-likeness (QED) is 0.475. The van der Waals surface area contributed by atoms with E-state index in [1.165, 1.54) is 0 Å². The molecule has 0 aliphatic carbocycles. The van der Waals surface area contributed by atoms with Crippen LogP contribution < -0.4 is 17.2 Å². The predicted octanol–water partition coefficient (Wildman–Crippen LogP) is 0.137. The predicted molar refractivity (Wildman–Crippen MR) is 42.2 cm³/mol. The first kappa shape index (κ1) is 6.67. The molecule has 1 aromatic rings. The molecule has 0 saturated carbocycles. The molecule has 0 radical (unpaired) electrons. The fraction of sp³-hybridized carbons (Fsp3) is 0.167. The topological polar surface area (TPSA) is 90.9 Å². The van der Waals surface area contributed by atoms with Gasteiger partial charge in [-0.15, -0.1) is 0 Å². The molecular formula is C6H10N4. The molecule has 0 amide bonds. The first-order chi connectivity index (χ1) is 4.63. The molecule has 10 heavy (non-hydrogen) atoms. The zero-order chi connectivity index (χ0) is 7.72. The van der Waals surface area contributed by atoms with E-state index in [2.05, 4.69) is 4.98 Å². The van der Waals surface area contributed by atoms with Crippen LogP contribution in [0.15, 0.2) is 6.20 Å². The summed E-state index contributed by atoms with van der Waals surface area (Å²) in [5.41, 5.74) is 18.1. The zero-order valence-electron chi connectivity index (χ0n) is 5.76. The van der Waals surface area contributed by atoms with Crippen molar-refractivity contribution < 1.29 is 0 Å². The molecule has 0 unspecified atom stereocenters. The van der Waals surface area contributed by atoms with Crippen molar-refractivity contribution in [3.8, 4) is 0 Å². The molecule has 0 saturated heterocycles. The van der Waals surface area contributed by atoms with Crippen molar-refractivity contribution in [1.29, 1.82) is 0 Å². The van der Waals surface area contributed by atoms with Crippen LogP contribution in [0.1, 0.15) is 5.56 Å². The third kappa shape index (κ3) is 0.834. The molecule has 1 aromatic heterocycles. The Morgan fingerprint density at radius 3 is 2.30 bits per heavy atom. The largest absolute Gasteiger partial charge is 0.397 e. The van der Waals surface area contributed by atoms with E-state index in [1.54, 1.807) is 6.20 Å². The molecule has 0 aliphatic rings. The van der Waals surface area contributed by atoms with E-state index in [0.29, 0.717) is 17.2 Å². The average Bonchev–Trinajstić information content (AvgIpc) is 1.93. The zero-order valence-corrected chi connectivity index (χ0v) is 5.76. The van der Waals surface area contributed by atoms with Crippen molar-refractivity contribution in [2.75, 3.05) is 17.2 Å². The number of rotatable bonds is 0. The molecule has 4 heteroatoms. The van der Waals surface area contributed by atoms with Gasteiger partial charge in [0, 0.05) is 6.20 Å². The molecule has 0 fully saturated rings. The summed E-state index contributed by atoms with van der Waals surface area (Å²) in [5, 5.41) is 0. The Kier molecular flexibility index (Phi) is 1.37. The number of nitrogens with two attached hydrogens (primary N) is 3. The second-order valence-corrected chi connectivity index (χ2v) is 2.15. The van der Waals surface area contributed by atoms with Gasteiger partial charge in [0.1, 0.15) is 5.82 Å². The van der Waals surface area contributed by atoms with Crippen LogP contribution in [0.4, 0.5) is 17.2 Å². The number of aryl methyl sites for hydroxylation is 1. The minimum absolute atomic E-state index is 0.295. The maximum absolute atomic E-state index is 5.54. The van der Waals surface area contributed by atoms with Gasteiger partial charge in [0.05, 0.1) is 11.4 Å². The van der Waals surface area contributed by atoms with Crippen LogP contribution >= 0.6 is 0 Å². The van der Waals surface area contributed by atoms with E-state index in [4.69, 9.17) is 17.2 Å². The SMILES string of the molecule is Cc1cnc(N)c(N)c1N. The monoisotopic (exact) mass is 138 g/mol. The molecule has 0 spiro atoms. The van der Waals surface area contributed by atoms with Crippen molar-refractivity contribution >= 4 is 17.2 Å². The first-order valence-electron chi connectivity index (χ1n) is 2.89. The van der Waals surface area contributed by atoms with Gasteiger partial charge in [-0.25, -0.2) is 4.98 Å². The second-order valence-electron chi connectivity index (χ2n) is 2.15. The van der Waals surface area contributed by atoms with Crippen LogP contribution in [0.25, 0.3) is 0 Å². The summed E-state index contributed by atoms with van der Waals surface area (Å²) in [6.45, 7) is 1.83. The van der Waals surface area contributed by atoms with E-state index in [9.17, 15) is 0 Å². The standard InChI is InChI=1S/C6H10N4/c1-3-2-10-6(9)5(8)4(3)7/h2H,8H2,1H3,(H4,7,9,10). The minimum atomic E-state index is 0.295. The van der Waals surface area contributed by atoms with E-state index in [1.807, 2.05) is 6.92 Å². The average molecular weight is 138 g/mol. The van der Waals surface area contributed by atoms with Crippen LogP contribution in [0.5, 0.6) is 0 Å². The highest BCUT2D eigenvalue weighted by Crippen LogP contribution is 2.22. The molecule has 0 atom stereocenters. The van der Waals surface area contributed by atoms with Crippen LogP contribution in [0.2, 0.25) is 0 Å². The minimum Gasteiger partial charge on any atom is -0.397 e. The van der Waals surface area contributed by atoms with Gasteiger partial charge in [0.2, 0.25) is 0 Å². The van der Waals surface area contributed by atoms with E-state index in [0.717, 1.165) is 5.56 Å². The van der Waals surface area contributed by atoms with E-state index >= 15 is 0 Å². The van der Waals surface area contributed by atoms with Crippen molar-refractivity contribution in [3.05, 3.63) is 11.8 Å². The van der Waals surface area contributed by atoms with Gasteiger partial charge in [0.15, 0.2) is 0 Å². The highest BCUT2D eigenvalue weighted by molar-refractivity contribution is 5.76. The summed E-state index contributed by atoms with van der Waals surface area (Å²) in [5.74, 6) is 0.295. The Hall–Kier alpha value is -1.45. The molecular weight excluding hydrogens is 128 g/mol. The normalized spacial score (nSPS) is 9.70. The maximum Gasteiger partial charge on any atom is 0.148 e. The fourth-order valence-corrected chi connectivity index (χ4v) is 0.656. The van der Waals surface area contributed by atoms with Crippen molar-refractivity contribution in [2.24, 2.45) is 0 Å². The molecule has 0 aliphatic heterocycles. The van der Waals surface area contributed by atoms with Gasteiger partial charge in [0.25, 0.3) is 0 Å². The van der Waals surface area contributed by atoms with E-state index < -0.39 is 0 Å². The Bertz CT molecular complexity index is 229. The summed E-state index contributed by atoms with van der Waals surface area (Å²) in [6.07, 6.45) is 1.60. The number of nitrogens with zero attached hydrogens (tertiary/aromatic N) is 1. The lowest BCUT2D eigenvalue weighted by molar-refractivity contribution is 1.28. The van der Waals surface area contributed by atoms with Crippen LogP contribution in [-0.2, 0) is 0 Å². The van der Waals surface area contributed by atoms with Gasteiger partial charge < -0.3 is 17.2 Å². The summed E-state index contributed by atoms with van der Waals surface area (Å²) in [7, 11) is 0. The third-order valence-electron chi connectivity index (χ3n) is 1.39. The van der Waals surface area contributed by atoms with Crippen LogP contribution in [0, 0.1) is 6.92 Å². The fourth-order valence-electron chi connectivity index (χ4n) is 0.656. The lowest BCUT2D eigenvalue weighted by Gasteiger charge is -2.04. The second kappa shape index (κ2) is 2.06. The van der Waals surface area contributed by atoms with Crippen LogP contribution in [-0.4, -0.2) is 4.98 Å². The van der Waals surface area contributed by atoms with Gasteiger partial charge in [-0.3, -0.25) is 0 Å². The Labute approximate surface area is 59.0 Å². The number of nitrogen functional groups attached to an aromatic ring is 3. The summed E-state index contributed by atoms with van der Waals surface area (Å²) in [6, 6.07) is 0. The number of anilines is 3. The van der Waals surface area contributed by atoms with Gasteiger partial charge in [-0.05, 0) is 12.5 Å². The summed E-state index contributed by atoms with van der Waals surface area (Å²) >= 11 is 0. The molecule has 1 rings (SSSR count). The lowest BCUT2D eigenvalue weighted by Crippen LogP contribution is -2.03. The number of hydrogen-bond acceptors (Lipinski definition) is 4. The van der Waals surface area contributed by atoms with Gasteiger partial charge in [-0.1, -0.05) is 0 Å². The first-order valence-corrected chi connectivity index (χ1v) is 2.89.